The van der Waals surface area contributed by atoms with Gasteiger partial charge in [-0.25, -0.2) is 4.98 Å². The van der Waals surface area contributed by atoms with Crippen LogP contribution >= 0.6 is 0 Å². The van der Waals surface area contributed by atoms with E-state index in [2.05, 4.69) is 80.4 Å². The molecule has 3 rings (SSSR count). The molecule has 6 nitrogen and oxygen atoms in total. The van der Waals surface area contributed by atoms with Crippen molar-refractivity contribution in [3.63, 3.8) is 0 Å². The van der Waals surface area contributed by atoms with Crippen LogP contribution in [0.5, 0.6) is 0 Å². The maximum Gasteiger partial charge on any atom is 0.190 e. The quantitative estimate of drug-likeness (QED) is 0.434. The molecular formula is C23H32N6. The molecule has 0 spiro atoms. The SMILES string of the molecule is CN=C(NCCc1cn2ccccc2n1)NCCC(C)N(C)Cc1ccccc1. The van der Waals surface area contributed by atoms with Crippen molar-refractivity contribution in [2.45, 2.75) is 32.4 Å². The largest absolute Gasteiger partial charge is 0.356 e. The van der Waals surface area contributed by atoms with Crippen molar-refractivity contribution >= 4 is 11.6 Å². The number of rotatable bonds is 9. The summed E-state index contributed by atoms with van der Waals surface area (Å²) in [6.07, 6.45) is 6.02. The van der Waals surface area contributed by atoms with E-state index in [4.69, 9.17) is 0 Å². The predicted molar refractivity (Wildman–Crippen MR) is 120 cm³/mol. The smallest absolute Gasteiger partial charge is 0.190 e. The molecule has 0 aliphatic heterocycles. The topological polar surface area (TPSA) is 57.0 Å². The summed E-state index contributed by atoms with van der Waals surface area (Å²) in [5.74, 6) is 0.840. The highest BCUT2D eigenvalue weighted by Gasteiger charge is 2.10. The number of benzene rings is 1. The molecule has 0 aliphatic carbocycles. The maximum absolute atomic E-state index is 4.63. The minimum Gasteiger partial charge on any atom is -0.356 e. The lowest BCUT2D eigenvalue weighted by molar-refractivity contribution is 0.238. The van der Waals surface area contributed by atoms with E-state index >= 15 is 0 Å². The standard InChI is InChI=1S/C23H32N6/c1-19(28(3)17-20-9-5-4-6-10-20)12-14-25-23(24-2)26-15-13-21-18-29-16-8-7-11-22(29)27-21/h4-11,16,18-19H,12-15,17H2,1-3H3,(H2,24,25,26). The van der Waals surface area contributed by atoms with Crippen molar-refractivity contribution in [1.82, 2.24) is 24.9 Å². The van der Waals surface area contributed by atoms with Gasteiger partial charge >= 0.3 is 0 Å². The summed E-state index contributed by atoms with van der Waals surface area (Å²) in [7, 11) is 3.99. The van der Waals surface area contributed by atoms with Crippen molar-refractivity contribution < 1.29 is 0 Å². The molecule has 1 atom stereocenters. The molecule has 0 aliphatic rings. The Labute approximate surface area is 173 Å². The van der Waals surface area contributed by atoms with Crippen molar-refractivity contribution in [3.8, 4) is 0 Å². The van der Waals surface area contributed by atoms with Gasteiger partial charge in [-0.1, -0.05) is 36.4 Å². The molecule has 0 saturated heterocycles. The van der Waals surface area contributed by atoms with E-state index in [0.29, 0.717) is 6.04 Å². The monoisotopic (exact) mass is 392 g/mol. The number of aromatic nitrogens is 2. The zero-order valence-electron chi connectivity index (χ0n) is 17.7. The third-order valence-electron chi connectivity index (χ3n) is 5.19. The van der Waals surface area contributed by atoms with Crippen molar-refractivity contribution in [3.05, 3.63) is 72.2 Å². The number of guanidine groups is 1. The van der Waals surface area contributed by atoms with Crippen LogP contribution in [0, 0.1) is 0 Å². The number of fused-ring (bicyclic) bond motifs is 1. The molecule has 1 aromatic carbocycles. The Hall–Kier alpha value is -2.86. The van der Waals surface area contributed by atoms with E-state index in [0.717, 1.165) is 49.8 Å². The van der Waals surface area contributed by atoms with E-state index < -0.39 is 0 Å². The van der Waals surface area contributed by atoms with Crippen LogP contribution in [0.25, 0.3) is 5.65 Å². The number of hydrogen-bond donors (Lipinski definition) is 2. The predicted octanol–water partition coefficient (Wildman–Crippen LogP) is 2.95. The molecule has 2 aromatic heterocycles. The first kappa shape index (κ1) is 20.9. The summed E-state index contributed by atoms with van der Waals surface area (Å²) in [4.78, 5) is 11.3. The Bertz CT molecular complexity index is 869. The molecule has 2 N–H and O–H groups in total. The molecule has 154 valence electrons. The summed E-state index contributed by atoms with van der Waals surface area (Å²) in [6.45, 7) is 4.92. The molecule has 2 heterocycles. The second kappa shape index (κ2) is 10.6. The Balaban J connectivity index is 1.36. The number of nitrogens with zero attached hydrogens (tertiary/aromatic N) is 4. The molecular weight excluding hydrogens is 360 g/mol. The summed E-state index contributed by atoms with van der Waals surface area (Å²) in [5.41, 5.74) is 3.41. The third kappa shape index (κ3) is 6.32. The highest BCUT2D eigenvalue weighted by molar-refractivity contribution is 5.79. The van der Waals surface area contributed by atoms with Gasteiger partial charge in [-0.3, -0.25) is 9.89 Å². The van der Waals surface area contributed by atoms with E-state index in [1.165, 1.54) is 5.56 Å². The average Bonchev–Trinajstić information content (AvgIpc) is 3.16. The van der Waals surface area contributed by atoms with Gasteiger partial charge in [-0.05, 0) is 38.1 Å². The van der Waals surface area contributed by atoms with Gasteiger partial charge in [-0.2, -0.15) is 0 Å². The van der Waals surface area contributed by atoms with Gasteiger partial charge in [0.15, 0.2) is 5.96 Å². The summed E-state index contributed by atoms with van der Waals surface area (Å²) in [6, 6.07) is 17.1. The van der Waals surface area contributed by atoms with Crippen LogP contribution in [0.3, 0.4) is 0 Å². The third-order valence-corrected chi connectivity index (χ3v) is 5.19. The van der Waals surface area contributed by atoms with Crippen molar-refractivity contribution in [1.29, 1.82) is 0 Å². The molecule has 1 unspecified atom stereocenters. The highest BCUT2D eigenvalue weighted by Crippen LogP contribution is 2.08. The van der Waals surface area contributed by atoms with Gasteiger partial charge in [0.25, 0.3) is 0 Å². The second-order valence-electron chi connectivity index (χ2n) is 7.41. The van der Waals surface area contributed by atoms with Crippen LogP contribution < -0.4 is 10.6 Å². The maximum atomic E-state index is 4.63. The lowest BCUT2D eigenvalue weighted by Crippen LogP contribution is -2.40. The Morgan fingerprint density at radius 3 is 2.62 bits per heavy atom. The molecule has 0 radical (unpaired) electrons. The average molecular weight is 393 g/mol. The van der Waals surface area contributed by atoms with Gasteiger partial charge in [0.1, 0.15) is 5.65 Å². The number of imidazole rings is 1. The molecule has 0 fully saturated rings. The molecule has 0 amide bonds. The fourth-order valence-electron chi connectivity index (χ4n) is 3.28. The summed E-state index contributed by atoms with van der Waals surface area (Å²) < 4.78 is 2.05. The van der Waals surface area contributed by atoms with Crippen LogP contribution in [0.1, 0.15) is 24.6 Å². The fourth-order valence-corrected chi connectivity index (χ4v) is 3.28. The minimum atomic E-state index is 0.485. The zero-order valence-corrected chi connectivity index (χ0v) is 17.7. The second-order valence-corrected chi connectivity index (χ2v) is 7.41. The van der Waals surface area contributed by atoms with Gasteiger partial charge in [-0.15, -0.1) is 0 Å². The lowest BCUT2D eigenvalue weighted by Gasteiger charge is -2.25. The molecule has 29 heavy (non-hydrogen) atoms. The lowest BCUT2D eigenvalue weighted by atomic mass is 10.1. The van der Waals surface area contributed by atoms with Crippen LogP contribution in [-0.4, -0.2) is 53.5 Å². The van der Waals surface area contributed by atoms with Crippen LogP contribution in [0.15, 0.2) is 65.9 Å². The number of hydrogen-bond acceptors (Lipinski definition) is 3. The van der Waals surface area contributed by atoms with Gasteiger partial charge in [0.05, 0.1) is 5.69 Å². The van der Waals surface area contributed by atoms with Crippen molar-refractivity contribution in [2.75, 3.05) is 27.2 Å². The van der Waals surface area contributed by atoms with Gasteiger partial charge < -0.3 is 15.0 Å². The fraction of sp³-hybridized carbons (Fsp3) is 0.391. The summed E-state index contributed by atoms with van der Waals surface area (Å²) >= 11 is 0. The normalized spacial score (nSPS) is 13.0. The van der Waals surface area contributed by atoms with Crippen LogP contribution in [0.4, 0.5) is 0 Å². The zero-order chi connectivity index (χ0) is 20.5. The van der Waals surface area contributed by atoms with E-state index in [-0.39, 0.29) is 0 Å². The summed E-state index contributed by atoms with van der Waals surface area (Å²) in [5, 5.41) is 6.80. The van der Waals surface area contributed by atoms with Crippen molar-refractivity contribution in [2.24, 2.45) is 4.99 Å². The van der Waals surface area contributed by atoms with E-state index in [1.807, 2.05) is 31.4 Å². The Morgan fingerprint density at radius 2 is 1.86 bits per heavy atom. The van der Waals surface area contributed by atoms with E-state index in [1.54, 1.807) is 0 Å². The molecule has 3 aromatic rings. The van der Waals surface area contributed by atoms with Crippen LogP contribution in [-0.2, 0) is 13.0 Å². The molecule has 0 saturated carbocycles. The van der Waals surface area contributed by atoms with Crippen LogP contribution in [0.2, 0.25) is 0 Å². The highest BCUT2D eigenvalue weighted by atomic mass is 15.2. The Morgan fingerprint density at radius 1 is 1.10 bits per heavy atom. The molecule has 0 bridgehead atoms. The number of pyridine rings is 1. The van der Waals surface area contributed by atoms with Gasteiger partial charge in [0, 0.05) is 51.5 Å². The first-order chi connectivity index (χ1) is 14.2. The molecule has 6 heteroatoms. The first-order valence-electron chi connectivity index (χ1n) is 10.3. The number of nitrogens with one attached hydrogen (secondary N) is 2. The minimum absolute atomic E-state index is 0.485. The van der Waals surface area contributed by atoms with E-state index in [9.17, 15) is 0 Å². The Kier molecular flexibility index (Phi) is 7.64. The first-order valence-corrected chi connectivity index (χ1v) is 10.3. The number of aliphatic imine (C=N–C) groups is 1. The van der Waals surface area contributed by atoms with Gasteiger partial charge in [0.2, 0.25) is 0 Å².